The van der Waals surface area contributed by atoms with Gasteiger partial charge in [0.1, 0.15) is 0 Å². The van der Waals surface area contributed by atoms with Gasteiger partial charge in [0, 0.05) is 41.6 Å². The topological polar surface area (TPSA) is 40.2 Å². The van der Waals surface area contributed by atoms with Crippen molar-refractivity contribution in [2.75, 3.05) is 23.3 Å². The molecule has 4 rings (SSSR count). The predicted octanol–water partition coefficient (Wildman–Crippen LogP) is 6.42. The van der Waals surface area contributed by atoms with E-state index in [-0.39, 0.29) is 23.8 Å². The van der Waals surface area contributed by atoms with Crippen molar-refractivity contribution in [1.29, 1.82) is 0 Å². The van der Waals surface area contributed by atoms with Gasteiger partial charge in [0.2, 0.25) is 0 Å². The number of piperidine rings is 1. The summed E-state index contributed by atoms with van der Waals surface area (Å²) in [6.07, 6.45) is 1.97. The number of halogens is 3. The van der Waals surface area contributed by atoms with E-state index in [2.05, 4.69) is 41.3 Å². The standard InChI is InChI=1S/C25H30ClFN4.ClH/c1-25(2,3)30-19-12-14-31(15-13-19)23-20-6-4-5-7-21(20)29-24(22(23)27)28-16-17-8-10-18(26)11-9-17;/h4-11,19,30H,12-16H2,1-3H3,(H,28,29);1H. The van der Waals surface area contributed by atoms with E-state index in [1.807, 2.05) is 48.5 Å². The van der Waals surface area contributed by atoms with Gasteiger partial charge in [-0.15, -0.1) is 12.4 Å². The van der Waals surface area contributed by atoms with Crippen molar-refractivity contribution in [3.05, 3.63) is 64.9 Å². The fraction of sp³-hybridized carbons (Fsp3) is 0.400. The van der Waals surface area contributed by atoms with Crippen LogP contribution in [0.1, 0.15) is 39.2 Å². The van der Waals surface area contributed by atoms with Gasteiger partial charge in [-0.25, -0.2) is 9.37 Å². The zero-order chi connectivity index (χ0) is 22.0. The molecule has 0 bridgehead atoms. The first kappa shape index (κ1) is 24.6. The Labute approximate surface area is 201 Å². The Morgan fingerprint density at radius 2 is 1.72 bits per heavy atom. The molecule has 2 aromatic carbocycles. The molecule has 2 heterocycles. The molecule has 1 aliphatic heterocycles. The van der Waals surface area contributed by atoms with Gasteiger partial charge in [0.15, 0.2) is 11.6 Å². The Kier molecular flexibility index (Phi) is 7.86. The average Bonchev–Trinajstić information content (AvgIpc) is 2.73. The number of para-hydroxylation sites is 1. The highest BCUT2D eigenvalue weighted by molar-refractivity contribution is 6.30. The normalized spacial score (nSPS) is 15.0. The Morgan fingerprint density at radius 3 is 2.38 bits per heavy atom. The summed E-state index contributed by atoms with van der Waals surface area (Å²) in [5, 5.41) is 8.42. The summed E-state index contributed by atoms with van der Waals surface area (Å²) in [5.74, 6) is 0.00786. The number of anilines is 2. The molecule has 1 aromatic heterocycles. The number of rotatable bonds is 5. The molecule has 4 nitrogen and oxygen atoms in total. The van der Waals surface area contributed by atoms with Crippen LogP contribution in [0.2, 0.25) is 5.02 Å². The van der Waals surface area contributed by atoms with Gasteiger partial charge in [0.25, 0.3) is 0 Å². The molecule has 0 atom stereocenters. The fourth-order valence-electron chi connectivity index (χ4n) is 4.25. The molecule has 0 spiro atoms. The molecule has 0 saturated carbocycles. The quantitative estimate of drug-likeness (QED) is 0.445. The van der Waals surface area contributed by atoms with Gasteiger partial charge in [-0.05, 0) is 57.4 Å². The second-order valence-corrected chi connectivity index (χ2v) is 9.71. The third-order valence-corrected chi connectivity index (χ3v) is 5.88. The second kappa shape index (κ2) is 10.2. The highest BCUT2D eigenvalue weighted by atomic mass is 35.5. The molecule has 1 aliphatic rings. The number of pyridine rings is 1. The number of nitrogens with zero attached hydrogens (tertiary/aromatic N) is 2. The smallest absolute Gasteiger partial charge is 0.189 e. The molecule has 0 aliphatic carbocycles. The Morgan fingerprint density at radius 1 is 1.06 bits per heavy atom. The van der Waals surface area contributed by atoms with Crippen molar-refractivity contribution < 1.29 is 4.39 Å². The lowest BCUT2D eigenvalue weighted by atomic mass is 9.99. The maximum Gasteiger partial charge on any atom is 0.189 e. The monoisotopic (exact) mass is 476 g/mol. The molecule has 7 heteroatoms. The molecular formula is C25H31Cl2FN4. The minimum atomic E-state index is -0.283. The van der Waals surface area contributed by atoms with Crippen molar-refractivity contribution in [3.63, 3.8) is 0 Å². The maximum atomic E-state index is 15.7. The third-order valence-electron chi connectivity index (χ3n) is 5.63. The van der Waals surface area contributed by atoms with Gasteiger partial charge < -0.3 is 15.5 Å². The summed E-state index contributed by atoms with van der Waals surface area (Å²) >= 11 is 5.97. The highest BCUT2D eigenvalue weighted by Crippen LogP contribution is 2.35. The van der Waals surface area contributed by atoms with Crippen LogP contribution in [0.15, 0.2) is 48.5 Å². The summed E-state index contributed by atoms with van der Waals surface area (Å²) < 4.78 is 15.7. The van der Waals surface area contributed by atoms with E-state index in [4.69, 9.17) is 11.6 Å². The molecular weight excluding hydrogens is 446 g/mol. The van der Waals surface area contributed by atoms with Crippen LogP contribution in [0, 0.1) is 5.82 Å². The van der Waals surface area contributed by atoms with E-state index in [0.717, 1.165) is 42.4 Å². The molecule has 0 amide bonds. The van der Waals surface area contributed by atoms with E-state index in [1.54, 1.807) is 0 Å². The zero-order valence-electron chi connectivity index (χ0n) is 18.8. The Bertz CT molecular complexity index is 1040. The fourth-order valence-corrected chi connectivity index (χ4v) is 4.37. The van der Waals surface area contributed by atoms with Crippen molar-refractivity contribution in [2.24, 2.45) is 0 Å². The molecule has 1 saturated heterocycles. The van der Waals surface area contributed by atoms with Crippen LogP contribution < -0.4 is 15.5 Å². The van der Waals surface area contributed by atoms with Gasteiger partial charge in [-0.2, -0.15) is 0 Å². The summed E-state index contributed by atoms with van der Waals surface area (Å²) in [4.78, 5) is 6.75. The second-order valence-electron chi connectivity index (χ2n) is 9.28. The first-order chi connectivity index (χ1) is 14.8. The Hall–Kier alpha value is -2.08. The molecule has 1 fully saturated rings. The van der Waals surface area contributed by atoms with E-state index in [0.29, 0.717) is 29.1 Å². The van der Waals surface area contributed by atoms with E-state index in [9.17, 15) is 0 Å². The molecule has 32 heavy (non-hydrogen) atoms. The SMILES string of the molecule is CC(C)(C)NC1CCN(c2c(F)c(NCc3ccc(Cl)cc3)nc3ccccc23)CC1.Cl. The van der Waals surface area contributed by atoms with Crippen LogP contribution in [-0.4, -0.2) is 29.7 Å². The number of hydrogen-bond donors (Lipinski definition) is 2. The number of aromatic nitrogens is 1. The highest BCUT2D eigenvalue weighted by Gasteiger charge is 2.27. The molecule has 172 valence electrons. The first-order valence-corrected chi connectivity index (χ1v) is 11.3. The minimum absolute atomic E-state index is 0. The van der Waals surface area contributed by atoms with Crippen LogP contribution >= 0.6 is 24.0 Å². The lowest BCUT2D eigenvalue weighted by Crippen LogP contribution is -2.49. The predicted molar refractivity (Wildman–Crippen MR) is 136 cm³/mol. The van der Waals surface area contributed by atoms with Crippen LogP contribution in [-0.2, 0) is 6.54 Å². The van der Waals surface area contributed by atoms with Crippen LogP contribution in [0.25, 0.3) is 10.9 Å². The maximum absolute atomic E-state index is 15.7. The number of nitrogens with one attached hydrogen (secondary N) is 2. The lowest BCUT2D eigenvalue weighted by Gasteiger charge is -2.38. The van der Waals surface area contributed by atoms with E-state index < -0.39 is 0 Å². The van der Waals surface area contributed by atoms with Gasteiger partial charge >= 0.3 is 0 Å². The van der Waals surface area contributed by atoms with Gasteiger partial charge in [-0.1, -0.05) is 41.9 Å². The molecule has 0 radical (unpaired) electrons. The van der Waals surface area contributed by atoms with Crippen molar-refractivity contribution >= 4 is 46.4 Å². The van der Waals surface area contributed by atoms with E-state index >= 15 is 4.39 Å². The first-order valence-electron chi connectivity index (χ1n) is 10.9. The summed E-state index contributed by atoms with van der Waals surface area (Å²) in [6.45, 7) is 8.68. The van der Waals surface area contributed by atoms with E-state index in [1.165, 1.54) is 0 Å². The number of hydrogen-bond acceptors (Lipinski definition) is 4. The zero-order valence-corrected chi connectivity index (χ0v) is 20.4. The van der Waals surface area contributed by atoms with Gasteiger partial charge in [-0.3, -0.25) is 0 Å². The van der Waals surface area contributed by atoms with Crippen LogP contribution in [0.3, 0.4) is 0 Å². The minimum Gasteiger partial charge on any atom is -0.368 e. The average molecular weight is 477 g/mol. The summed E-state index contributed by atoms with van der Waals surface area (Å²) in [5.41, 5.74) is 2.56. The molecule has 0 unspecified atom stereocenters. The van der Waals surface area contributed by atoms with Crippen LogP contribution in [0.4, 0.5) is 15.9 Å². The van der Waals surface area contributed by atoms with Crippen LogP contribution in [0.5, 0.6) is 0 Å². The van der Waals surface area contributed by atoms with Gasteiger partial charge in [0.05, 0.1) is 11.2 Å². The summed E-state index contributed by atoms with van der Waals surface area (Å²) in [6, 6.07) is 15.8. The van der Waals surface area contributed by atoms with Crippen molar-refractivity contribution in [2.45, 2.75) is 51.7 Å². The molecule has 3 aromatic rings. The third kappa shape index (κ3) is 5.83. The lowest BCUT2D eigenvalue weighted by molar-refractivity contribution is 0.316. The number of fused-ring (bicyclic) bond motifs is 1. The van der Waals surface area contributed by atoms with Crippen molar-refractivity contribution in [1.82, 2.24) is 10.3 Å². The largest absolute Gasteiger partial charge is 0.368 e. The van der Waals surface area contributed by atoms with Crippen molar-refractivity contribution in [3.8, 4) is 0 Å². The summed E-state index contributed by atoms with van der Waals surface area (Å²) in [7, 11) is 0. The molecule has 2 N–H and O–H groups in total. The Balaban J connectivity index is 0.00000289. The number of benzene rings is 2.